The zero-order valence-electron chi connectivity index (χ0n) is 11.5. The number of hydrogen-bond acceptors (Lipinski definition) is 2. The second kappa shape index (κ2) is 6.98. The van der Waals surface area contributed by atoms with Crippen molar-refractivity contribution in [3.8, 4) is 6.07 Å². The molecule has 2 rings (SSSR count). The topological polar surface area (TPSA) is 52.9 Å². The summed E-state index contributed by atoms with van der Waals surface area (Å²) in [4.78, 5) is 12.0. The van der Waals surface area contributed by atoms with Gasteiger partial charge in [0.25, 0.3) is 5.91 Å². The average molecular weight is 290 g/mol. The molecule has 0 aromatic heterocycles. The first-order valence-corrected chi connectivity index (χ1v) is 6.98. The summed E-state index contributed by atoms with van der Waals surface area (Å²) in [5, 5.41) is 11.8. The van der Waals surface area contributed by atoms with Crippen molar-refractivity contribution in [3.05, 3.63) is 41.0 Å². The predicted molar refractivity (Wildman–Crippen MR) is 75.0 cm³/mol. The van der Waals surface area contributed by atoms with Gasteiger partial charge in [0.1, 0.15) is 11.6 Å². The third-order valence-corrected chi connectivity index (χ3v) is 3.59. The van der Waals surface area contributed by atoms with Gasteiger partial charge in [-0.15, -0.1) is 0 Å². The van der Waals surface area contributed by atoms with Crippen LogP contribution in [0.2, 0.25) is 0 Å². The maximum absolute atomic E-state index is 13.6. The number of amides is 1. The SMILES string of the molecule is N#C/C(=C/c1cccc(F)c1F)C(=O)NC1CCCCC1. The maximum Gasteiger partial charge on any atom is 0.262 e. The van der Waals surface area contributed by atoms with Gasteiger partial charge in [-0.1, -0.05) is 31.4 Å². The van der Waals surface area contributed by atoms with Crippen molar-refractivity contribution in [2.45, 2.75) is 38.1 Å². The number of carbonyl (C=O) groups excluding carboxylic acids is 1. The smallest absolute Gasteiger partial charge is 0.262 e. The van der Waals surface area contributed by atoms with Gasteiger partial charge in [-0.3, -0.25) is 4.79 Å². The molecule has 1 aromatic carbocycles. The molecule has 21 heavy (non-hydrogen) atoms. The van der Waals surface area contributed by atoms with Crippen LogP contribution in [0.25, 0.3) is 6.08 Å². The van der Waals surface area contributed by atoms with Crippen molar-refractivity contribution in [1.29, 1.82) is 5.26 Å². The molecule has 3 nitrogen and oxygen atoms in total. The first kappa shape index (κ1) is 15.2. The van der Waals surface area contributed by atoms with Crippen LogP contribution < -0.4 is 5.32 Å². The summed E-state index contributed by atoms with van der Waals surface area (Å²) in [6.07, 6.45) is 6.11. The molecule has 0 atom stereocenters. The Morgan fingerprint density at radius 1 is 1.29 bits per heavy atom. The molecule has 1 aliphatic carbocycles. The zero-order valence-corrected chi connectivity index (χ0v) is 11.5. The van der Waals surface area contributed by atoms with Crippen LogP contribution in [0.4, 0.5) is 8.78 Å². The largest absolute Gasteiger partial charge is 0.349 e. The molecule has 0 unspecified atom stereocenters. The second-order valence-electron chi connectivity index (χ2n) is 5.12. The Bertz CT molecular complexity index is 599. The quantitative estimate of drug-likeness (QED) is 0.686. The van der Waals surface area contributed by atoms with Crippen molar-refractivity contribution in [2.24, 2.45) is 0 Å². The Morgan fingerprint density at radius 2 is 2.00 bits per heavy atom. The summed E-state index contributed by atoms with van der Waals surface area (Å²) in [5.41, 5.74) is -0.324. The van der Waals surface area contributed by atoms with Gasteiger partial charge < -0.3 is 5.32 Å². The minimum absolute atomic E-state index is 0.0559. The number of rotatable bonds is 3. The number of nitriles is 1. The van der Waals surface area contributed by atoms with Crippen LogP contribution in [0, 0.1) is 23.0 Å². The van der Waals surface area contributed by atoms with Gasteiger partial charge in [0.05, 0.1) is 0 Å². The van der Waals surface area contributed by atoms with Crippen molar-refractivity contribution >= 4 is 12.0 Å². The number of nitrogens with zero attached hydrogens (tertiary/aromatic N) is 1. The molecule has 1 amide bonds. The molecular formula is C16H16F2N2O. The summed E-state index contributed by atoms with van der Waals surface area (Å²) in [6.45, 7) is 0. The lowest BCUT2D eigenvalue weighted by atomic mass is 9.95. The van der Waals surface area contributed by atoms with Gasteiger partial charge in [0, 0.05) is 11.6 Å². The molecule has 1 fully saturated rings. The zero-order chi connectivity index (χ0) is 15.2. The standard InChI is InChI=1S/C16H16F2N2O/c17-14-8-4-5-11(15(14)18)9-12(10-19)16(21)20-13-6-2-1-3-7-13/h4-5,8-9,13H,1-3,6-7H2,(H,20,21)/b12-9-. The highest BCUT2D eigenvalue weighted by molar-refractivity contribution is 6.01. The van der Waals surface area contributed by atoms with Crippen molar-refractivity contribution in [3.63, 3.8) is 0 Å². The highest BCUT2D eigenvalue weighted by atomic mass is 19.2. The van der Waals surface area contributed by atoms with Crippen LogP contribution in [-0.4, -0.2) is 11.9 Å². The Hall–Kier alpha value is -2.22. The Kier molecular flexibility index (Phi) is 5.04. The average Bonchev–Trinajstić information content (AvgIpc) is 2.49. The fourth-order valence-corrected chi connectivity index (χ4v) is 2.45. The van der Waals surface area contributed by atoms with Gasteiger partial charge >= 0.3 is 0 Å². The monoisotopic (exact) mass is 290 g/mol. The van der Waals surface area contributed by atoms with Crippen LogP contribution >= 0.6 is 0 Å². The maximum atomic E-state index is 13.6. The fourth-order valence-electron chi connectivity index (χ4n) is 2.45. The molecule has 0 saturated heterocycles. The minimum atomic E-state index is -1.06. The molecule has 0 aliphatic heterocycles. The number of carbonyl (C=O) groups is 1. The molecule has 1 N–H and O–H groups in total. The van der Waals surface area contributed by atoms with Gasteiger partial charge in [0.15, 0.2) is 11.6 Å². The van der Waals surface area contributed by atoms with E-state index in [4.69, 9.17) is 5.26 Å². The van der Waals surface area contributed by atoms with Gasteiger partial charge in [-0.25, -0.2) is 8.78 Å². The minimum Gasteiger partial charge on any atom is -0.349 e. The lowest BCUT2D eigenvalue weighted by Gasteiger charge is -2.22. The lowest BCUT2D eigenvalue weighted by Crippen LogP contribution is -2.36. The van der Waals surface area contributed by atoms with E-state index in [2.05, 4.69) is 5.32 Å². The van der Waals surface area contributed by atoms with E-state index >= 15 is 0 Å². The molecule has 5 heteroatoms. The molecule has 0 bridgehead atoms. The molecule has 0 radical (unpaired) electrons. The molecule has 0 spiro atoms. The van der Waals surface area contributed by atoms with Crippen LogP contribution in [0.3, 0.4) is 0 Å². The van der Waals surface area contributed by atoms with Crippen molar-refractivity contribution in [2.75, 3.05) is 0 Å². The predicted octanol–water partition coefficient (Wildman–Crippen LogP) is 3.32. The number of benzene rings is 1. The third-order valence-electron chi connectivity index (χ3n) is 3.59. The molecule has 0 heterocycles. The number of halogens is 2. The molecular weight excluding hydrogens is 274 g/mol. The molecule has 1 saturated carbocycles. The van der Waals surface area contributed by atoms with E-state index in [0.29, 0.717) is 0 Å². The van der Waals surface area contributed by atoms with Crippen LogP contribution in [0.5, 0.6) is 0 Å². The van der Waals surface area contributed by atoms with E-state index in [1.165, 1.54) is 12.1 Å². The summed E-state index contributed by atoms with van der Waals surface area (Å²) in [7, 11) is 0. The van der Waals surface area contributed by atoms with E-state index in [9.17, 15) is 13.6 Å². The Balaban J connectivity index is 2.14. The van der Waals surface area contributed by atoms with E-state index in [1.54, 1.807) is 6.07 Å². The first-order chi connectivity index (χ1) is 10.1. The van der Waals surface area contributed by atoms with E-state index in [0.717, 1.165) is 44.2 Å². The van der Waals surface area contributed by atoms with Crippen LogP contribution in [0.15, 0.2) is 23.8 Å². The molecule has 1 aromatic rings. The molecule has 110 valence electrons. The van der Waals surface area contributed by atoms with Crippen molar-refractivity contribution in [1.82, 2.24) is 5.32 Å². The summed E-state index contributed by atoms with van der Waals surface area (Å²) in [6, 6.07) is 5.44. The highest BCUT2D eigenvalue weighted by Gasteiger charge is 2.18. The van der Waals surface area contributed by atoms with Crippen LogP contribution in [-0.2, 0) is 4.79 Å². The van der Waals surface area contributed by atoms with E-state index < -0.39 is 17.5 Å². The Labute approximate surface area is 122 Å². The van der Waals surface area contributed by atoms with Gasteiger partial charge in [-0.2, -0.15) is 5.26 Å². The van der Waals surface area contributed by atoms with Gasteiger partial charge in [-0.05, 0) is 25.0 Å². The van der Waals surface area contributed by atoms with Crippen molar-refractivity contribution < 1.29 is 13.6 Å². The second-order valence-corrected chi connectivity index (χ2v) is 5.12. The van der Waals surface area contributed by atoms with Gasteiger partial charge in [0.2, 0.25) is 0 Å². The number of nitrogens with one attached hydrogen (secondary N) is 1. The third kappa shape index (κ3) is 3.88. The summed E-state index contributed by atoms with van der Waals surface area (Å²) >= 11 is 0. The highest BCUT2D eigenvalue weighted by Crippen LogP contribution is 2.19. The normalized spacial score (nSPS) is 16.3. The first-order valence-electron chi connectivity index (χ1n) is 6.98. The number of hydrogen-bond donors (Lipinski definition) is 1. The van der Waals surface area contributed by atoms with E-state index in [-0.39, 0.29) is 17.2 Å². The van der Waals surface area contributed by atoms with E-state index in [1.807, 2.05) is 0 Å². The van der Waals surface area contributed by atoms with Crippen LogP contribution in [0.1, 0.15) is 37.7 Å². The Morgan fingerprint density at radius 3 is 2.67 bits per heavy atom. The molecule has 1 aliphatic rings. The lowest BCUT2D eigenvalue weighted by molar-refractivity contribution is -0.117. The summed E-state index contributed by atoms with van der Waals surface area (Å²) in [5.74, 6) is -2.60. The fraction of sp³-hybridized carbons (Fsp3) is 0.375. The summed E-state index contributed by atoms with van der Waals surface area (Å²) < 4.78 is 26.7.